The van der Waals surface area contributed by atoms with Crippen LogP contribution >= 0.6 is 34.5 Å². The van der Waals surface area contributed by atoms with Gasteiger partial charge in [0.05, 0.1) is 15.6 Å². The molecule has 1 atom stereocenters. The standard InChI is InChI=1S/C26H30Cl2N2O2.C4H4S/c1-19-5-2-3-7-22(19)26(12-16-31)10-14-29(15-11-26)17-20-9-13-30(18-20)25(32)21-6-4-8-23(27)24(21)28;1-2-4-5-3-1/h2-8,16,20H,9-15,17-18H2,1H3;1-4H. The smallest absolute Gasteiger partial charge is 0.255 e. The Morgan fingerprint density at radius 1 is 1.03 bits per heavy atom. The van der Waals surface area contributed by atoms with Crippen LogP contribution in [0.1, 0.15) is 47.2 Å². The molecule has 3 heterocycles. The van der Waals surface area contributed by atoms with Crippen LogP contribution in [0.5, 0.6) is 0 Å². The van der Waals surface area contributed by atoms with Crippen molar-refractivity contribution in [1.29, 1.82) is 0 Å². The summed E-state index contributed by atoms with van der Waals surface area (Å²) in [6.45, 7) is 6.58. The molecule has 1 unspecified atom stereocenters. The third-order valence-electron chi connectivity index (χ3n) is 7.70. The molecule has 37 heavy (non-hydrogen) atoms. The Morgan fingerprint density at radius 2 is 1.76 bits per heavy atom. The van der Waals surface area contributed by atoms with E-state index in [1.807, 2.05) is 27.8 Å². The summed E-state index contributed by atoms with van der Waals surface area (Å²) in [7, 11) is 0. The summed E-state index contributed by atoms with van der Waals surface area (Å²) < 4.78 is 0. The van der Waals surface area contributed by atoms with Crippen molar-refractivity contribution in [3.8, 4) is 0 Å². The summed E-state index contributed by atoms with van der Waals surface area (Å²) >= 11 is 14.1. The van der Waals surface area contributed by atoms with Gasteiger partial charge in [-0.05, 0) is 79.2 Å². The first kappa shape index (κ1) is 27.8. The molecule has 1 aromatic heterocycles. The Bertz CT molecular complexity index is 1160. The van der Waals surface area contributed by atoms with Gasteiger partial charge >= 0.3 is 0 Å². The zero-order chi connectivity index (χ0) is 26.3. The van der Waals surface area contributed by atoms with E-state index in [0.717, 1.165) is 58.3 Å². The molecule has 0 bridgehead atoms. The molecule has 0 saturated carbocycles. The van der Waals surface area contributed by atoms with Gasteiger partial charge in [0.2, 0.25) is 0 Å². The molecule has 5 rings (SSSR count). The van der Waals surface area contributed by atoms with E-state index in [4.69, 9.17) is 23.2 Å². The van der Waals surface area contributed by atoms with Crippen LogP contribution < -0.4 is 0 Å². The maximum absolute atomic E-state index is 12.9. The largest absolute Gasteiger partial charge is 0.338 e. The van der Waals surface area contributed by atoms with Crippen LogP contribution in [0.15, 0.2) is 65.4 Å². The average Bonchev–Trinajstić information content (AvgIpc) is 3.63. The molecule has 1 amide bonds. The Labute approximate surface area is 234 Å². The maximum Gasteiger partial charge on any atom is 0.255 e. The predicted octanol–water partition coefficient (Wildman–Crippen LogP) is 7.13. The number of amides is 1. The van der Waals surface area contributed by atoms with Crippen molar-refractivity contribution < 1.29 is 9.59 Å². The van der Waals surface area contributed by atoms with Gasteiger partial charge in [0, 0.05) is 31.5 Å². The number of likely N-dealkylation sites (tertiary alicyclic amines) is 2. The highest BCUT2D eigenvalue weighted by atomic mass is 35.5. The number of hydrogen-bond acceptors (Lipinski definition) is 4. The minimum atomic E-state index is -0.0510. The van der Waals surface area contributed by atoms with Crippen LogP contribution in [-0.4, -0.2) is 54.7 Å². The van der Waals surface area contributed by atoms with Crippen molar-refractivity contribution in [2.45, 2.75) is 38.0 Å². The highest BCUT2D eigenvalue weighted by Gasteiger charge is 2.38. The number of carbonyl (C=O) groups excluding carboxylic acids is 2. The Balaban J connectivity index is 0.000000572. The van der Waals surface area contributed by atoms with Crippen molar-refractivity contribution in [2.75, 3.05) is 32.7 Å². The molecule has 3 aromatic rings. The van der Waals surface area contributed by atoms with Gasteiger partial charge in [-0.25, -0.2) is 0 Å². The lowest BCUT2D eigenvalue weighted by molar-refractivity contribution is -0.109. The number of nitrogens with zero attached hydrogens (tertiary/aromatic N) is 2. The second kappa shape index (κ2) is 13.1. The zero-order valence-corrected chi connectivity index (χ0v) is 23.6. The van der Waals surface area contributed by atoms with Crippen molar-refractivity contribution in [2.24, 2.45) is 5.92 Å². The number of halogens is 2. The first-order valence-corrected chi connectivity index (χ1v) is 14.6. The second-order valence-electron chi connectivity index (χ2n) is 10.1. The van der Waals surface area contributed by atoms with E-state index in [9.17, 15) is 9.59 Å². The number of benzene rings is 2. The first-order valence-electron chi connectivity index (χ1n) is 12.9. The van der Waals surface area contributed by atoms with Gasteiger partial charge in [-0.1, -0.05) is 65.7 Å². The van der Waals surface area contributed by atoms with E-state index in [1.165, 1.54) is 11.1 Å². The highest BCUT2D eigenvalue weighted by Crippen LogP contribution is 2.40. The van der Waals surface area contributed by atoms with E-state index in [-0.39, 0.29) is 11.3 Å². The maximum atomic E-state index is 12.9. The van der Waals surface area contributed by atoms with E-state index < -0.39 is 0 Å². The summed E-state index contributed by atoms with van der Waals surface area (Å²) in [5, 5.41) is 4.83. The summed E-state index contributed by atoms with van der Waals surface area (Å²) in [6.07, 6.45) is 4.65. The number of carbonyl (C=O) groups is 2. The number of hydrogen-bond donors (Lipinski definition) is 0. The third kappa shape index (κ3) is 6.83. The lowest BCUT2D eigenvalue weighted by Gasteiger charge is -2.42. The molecule has 4 nitrogen and oxygen atoms in total. The molecule has 0 aliphatic carbocycles. The van der Waals surface area contributed by atoms with Gasteiger partial charge in [-0.15, -0.1) is 0 Å². The number of aryl methyl sites for hydroxylation is 1. The normalized spacial score (nSPS) is 19.2. The molecule has 7 heteroatoms. The van der Waals surface area contributed by atoms with Gasteiger partial charge in [0.25, 0.3) is 5.91 Å². The van der Waals surface area contributed by atoms with Crippen LogP contribution in [0.4, 0.5) is 0 Å². The Kier molecular flexibility index (Phi) is 9.83. The fourth-order valence-electron chi connectivity index (χ4n) is 5.67. The molecule has 2 saturated heterocycles. The molecule has 2 fully saturated rings. The minimum Gasteiger partial charge on any atom is -0.338 e. The van der Waals surface area contributed by atoms with Crippen molar-refractivity contribution in [3.63, 3.8) is 0 Å². The molecule has 196 valence electrons. The van der Waals surface area contributed by atoms with E-state index >= 15 is 0 Å². The molecule has 2 aromatic carbocycles. The summed E-state index contributed by atoms with van der Waals surface area (Å²) in [5.74, 6) is 0.414. The van der Waals surface area contributed by atoms with Crippen molar-refractivity contribution in [3.05, 3.63) is 92.1 Å². The third-order valence-corrected chi connectivity index (χ3v) is 9.15. The zero-order valence-electron chi connectivity index (χ0n) is 21.2. The van der Waals surface area contributed by atoms with Crippen LogP contribution in [0.3, 0.4) is 0 Å². The molecule has 2 aliphatic rings. The van der Waals surface area contributed by atoms with Crippen LogP contribution in [0, 0.1) is 12.8 Å². The monoisotopic (exact) mass is 556 g/mol. The second-order valence-corrected chi connectivity index (χ2v) is 11.7. The summed E-state index contributed by atoms with van der Waals surface area (Å²) in [6, 6.07) is 17.7. The van der Waals surface area contributed by atoms with Crippen LogP contribution in [0.25, 0.3) is 0 Å². The topological polar surface area (TPSA) is 40.6 Å². The Morgan fingerprint density at radius 3 is 2.41 bits per heavy atom. The van der Waals surface area contributed by atoms with Gasteiger partial charge in [-0.2, -0.15) is 11.3 Å². The van der Waals surface area contributed by atoms with Crippen LogP contribution in [0.2, 0.25) is 10.0 Å². The quantitative estimate of drug-likeness (QED) is 0.303. The van der Waals surface area contributed by atoms with E-state index in [1.54, 1.807) is 29.5 Å². The van der Waals surface area contributed by atoms with Crippen LogP contribution in [-0.2, 0) is 10.2 Å². The Hall–Kier alpha value is -2.18. The highest BCUT2D eigenvalue weighted by molar-refractivity contribution is 7.07. The van der Waals surface area contributed by atoms with Gasteiger partial charge in [0.15, 0.2) is 0 Å². The van der Waals surface area contributed by atoms with Gasteiger partial charge in [0.1, 0.15) is 6.29 Å². The minimum absolute atomic E-state index is 0.0387. The molecular formula is C30H34Cl2N2O2S. The summed E-state index contributed by atoms with van der Waals surface area (Å²) in [4.78, 5) is 28.9. The average molecular weight is 558 g/mol. The number of rotatable bonds is 6. The molecule has 0 spiro atoms. The SMILES string of the molecule is Cc1ccccc1C1(CC=O)CCN(CC2CCN(C(=O)c3cccc(Cl)c3Cl)C2)CC1.c1ccsc1. The number of piperidine rings is 1. The van der Waals surface area contributed by atoms with E-state index in [2.05, 4.69) is 36.1 Å². The van der Waals surface area contributed by atoms with Crippen molar-refractivity contribution in [1.82, 2.24) is 9.80 Å². The first-order chi connectivity index (χ1) is 17.9. The van der Waals surface area contributed by atoms with Crippen molar-refractivity contribution >= 4 is 46.7 Å². The fourth-order valence-corrected chi connectivity index (χ4v) is 6.51. The lowest BCUT2D eigenvalue weighted by Crippen LogP contribution is -2.45. The van der Waals surface area contributed by atoms with Gasteiger partial charge in [-0.3, -0.25) is 4.79 Å². The summed E-state index contributed by atoms with van der Waals surface area (Å²) in [5.41, 5.74) is 3.02. The molecule has 0 radical (unpaired) electrons. The molecule has 0 N–H and O–H groups in total. The van der Waals surface area contributed by atoms with E-state index in [0.29, 0.717) is 27.9 Å². The number of aldehydes is 1. The number of thiophene rings is 1. The molecular weight excluding hydrogens is 523 g/mol. The lowest BCUT2D eigenvalue weighted by atomic mass is 9.69. The molecule has 2 aliphatic heterocycles. The fraction of sp³-hybridized carbons (Fsp3) is 0.400. The van der Waals surface area contributed by atoms with Gasteiger partial charge < -0.3 is 14.6 Å². The predicted molar refractivity (Wildman–Crippen MR) is 154 cm³/mol.